The van der Waals surface area contributed by atoms with Crippen molar-refractivity contribution >= 4 is 28.8 Å². The molecular weight excluding hydrogens is 270 g/mol. The fraction of sp³-hybridized carbons (Fsp3) is 0.333. The molecule has 0 atom stereocenters. The van der Waals surface area contributed by atoms with Crippen LogP contribution in [-0.2, 0) is 13.1 Å². The first-order chi connectivity index (χ1) is 8.70. The Balaban J connectivity index is 1.95. The number of aryl methyl sites for hydroxylation is 1. The highest BCUT2D eigenvalue weighted by molar-refractivity contribution is 7.17. The van der Waals surface area contributed by atoms with Gasteiger partial charge in [0.1, 0.15) is 5.82 Å². The number of nitrogens with one attached hydrogen (secondary N) is 1. The number of rotatable bonds is 5. The predicted octanol–water partition coefficient (Wildman–Crippen LogP) is 2.94. The Kier molecular flexibility index (Phi) is 4.38. The summed E-state index contributed by atoms with van der Waals surface area (Å²) in [4.78, 5) is 16.7. The van der Waals surface area contributed by atoms with E-state index in [1.54, 1.807) is 18.3 Å². The molecular formula is C12H14ClN3OS. The van der Waals surface area contributed by atoms with Crippen LogP contribution in [0, 0.1) is 0 Å². The van der Waals surface area contributed by atoms with Gasteiger partial charge in [-0.3, -0.25) is 4.79 Å². The standard InChI is InChI=1S/C12H14ClN3OS/c1-2-6-16-7-5-14-11(16)8-15-12(17)9-3-4-10(13)18-9/h3-5,7H,2,6,8H2,1H3,(H,15,17). The predicted molar refractivity (Wildman–Crippen MR) is 73.0 cm³/mol. The molecule has 0 aliphatic rings. The van der Waals surface area contributed by atoms with E-state index in [2.05, 4.69) is 17.2 Å². The number of thiophene rings is 1. The molecule has 0 aromatic carbocycles. The molecule has 0 unspecified atom stereocenters. The fourth-order valence-electron chi connectivity index (χ4n) is 1.63. The van der Waals surface area contributed by atoms with Crippen molar-refractivity contribution in [3.05, 3.63) is 39.6 Å². The zero-order chi connectivity index (χ0) is 13.0. The van der Waals surface area contributed by atoms with Gasteiger partial charge in [-0.25, -0.2) is 4.98 Å². The van der Waals surface area contributed by atoms with Gasteiger partial charge < -0.3 is 9.88 Å². The van der Waals surface area contributed by atoms with Crippen LogP contribution in [0.4, 0.5) is 0 Å². The quantitative estimate of drug-likeness (QED) is 0.917. The van der Waals surface area contributed by atoms with Crippen LogP contribution in [0.25, 0.3) is 0 Å². The van der Waals surface area contributed by atoms with Gasteiger partial charge in [0.15, 0.2) is 0 Å². The fourth-order valence-corrected chi connectivity index (χ4v) is 2.59. The van der Waals surface area contributed by atoms with E-state index in [4.69, 9.17) is 11.6 Å². The van der Waals surface area contributed by atoms with Crippen LogP contribution in [0.5, 0.6) is 0 Å². The van der Waals surface area contributed by atoms with Gasteiger partial charge in [-0.05, 0) is 18.6 Å². The molecule has 6 heteroatoms. The Morgan fingerprint density at radius 2 is 2.39 bits per heavy atom. The first-order valence-corrected chi connectivity index (χ1v) is 6.93. The molecule has 4 nitrogen and oxygen atoms in total. The third-order valence-electron chi connectivity index (χ3n) is 2.47. The van der Waals surface area contributed by atoms with Gasteiger partial charge in [-0.1, -0.05) is 18.5 Å². The lowest BCUT2D eigenvalue weighted by molar-refractivity contribution is 0.0953. The first-order valence-electron chi connectivity index (χ1n) is 5.74. The molecule has 1 amide bonds. The van der Waals surface area contributed by atoms with Gasteiger partial charge in [0.05, 0.1) is 15.8 Å². The van der Waals surface area contributed by atoms with Crippen molar-refractivity contribution in [2.75, 3.05) is 0 Å². The third-order valence-corrected chi connectivity index (χ3v) is 3.70. The summed E-state index contributed by atoms with van der Waals surface area (Å²) in [7, 11) is 0. The number of amides is 1. The topological polar surface area (TPSA) is 46.9 Å². The van der Waals surface area contributed by atoms with E-state index in [1.807, 2.05) is 10.8 Å². The zero-order valence-electron chi connectivity index (χ0n) is 10.0. The van der Waals surface area contributed by atoms with Crippen molar-refractivity contribution in [2.24, 2.45) is 0 Å². The average molecular weight is 284 g/mol. The van der Waals surface area contributed by atoms with Crippen LogP contribution in [-0.4, -0.2) is 15.5 Å². The Hall–Kier alpha value is -1.33. The monoisotopic (exact) mass is 283 g/mol. The molecule has 0 saturated heterocycles. The summed E-state index contributed by atoms with van der Waals surface area (Å²) in [6, 6.07) is 3.44. The van der Waals surface area contributed by atoms with E-state index < -0.39 is 0 Å². The zero-order valence-corrected chi connectivity index (χ0v) is 11.6. The molecule has 0 radical (unpaired) electrons. The molecule has 0 spiro atoms. The summed E-state index contributed by atoms with van der Waals surface area (Å²) < 4.78 is 2.66. The van der Waals surface area contributed by atoms with Crippen molar-refractivity contribution in [1.29, 1.82) is 0 Å². The van der Waals surface area contributed by atoms with Crippen LogP contribution in [0.2, 0.25) is 4.34 Å². The molecule has 0 bridgehead atoms. The van der Waals surface area contributed by atoms with Gasteiger partial charge >= 0.3 is 0 Å². The Morgan fingerprint density at radius 3 is 3.06 bits per heavy atom. The summed E-state index contributed by atoms with van der Waals surface area (Å²) in [6.45, 7) is 3.45. The molecule has 2 aromatic rings. The maximum Gasteiger partial charge on any atom is 0.261 e. The lowest BCUT2D eigenvalue weighted by Gasteiger charge is -2.07. The molecule has 2 aromatic heterocycles. The number of hydrogen-bond donors (Lipinski definition) is 1. The van der Waals surface area contributed by atoms with Gasteiger partial charge in [-0.15, -0.1) is 11.3 Å². The number of hydrogen-bond acceptors (Lipinski definition) is 3. The van der Waals surface area contributed by atoms with Crippen molar-refractivity contribution < 1.29 is 4.79 Å². The number of imidazole rings is 1. The Bertz CT molecular complexity index is 535. The van der Waals surface area contributed by atoms with E-state index >= 15 is 0 Å². The number of aromatic nitrogens is 2. The number of carbonyl (C=O) groups excluding carboxylic acids is 1. The second kappa shape index (κ2) is 6.02. The summed E-state index contributed by atoms with van der Waals surface area (Å²) in [5, 5.41) is 2.84. The largest absolute Gasteiger partial charge is 0.344 e. The van der Waals surface area contributed by atoms with E-state index in [0.29, 0.717) is 15.8 Å². The molecule has 2 heterocycles. The molecule has 96 valence electrons. The van der Waals surface area contributed by atoms with Crippen LogP contribution in [0.3, 0.4) is 0 Å². The lowest BCUT2D eigenvalue weighted by atomic mass is 10.4. The van der Waals surface area contributed by atoms with Gasteiger partial charge in [-0.2, -0.15) is 0 Å². The second-order valence-electron chi connectivity index (χ2n) is 3.82. The highest BCUT2D eigenvalue weighted by atomic mass is 35.5. The molecule has 0 fully saturated rings. The SMILES string of the molecule is CCCn1ccnc1CNC(=O)c1ccc(Cl)s1. The van der Waals surface area contributed by atoms with Crippen LogP contribution >= 0.6 is 22.9 Å². The number of nitrogens with zero attached hydrogens (tertiary/aromatic N) is 2. The van der Waals surface area contributed by atoms with Crippen molar-refractivity contribution in [1.82, 2.24) is 14.9 Å². The van der Waals surface area contributed by atoms with E-state index in [9.17, 15) is 4.79 Å². The molecule has 1 N–H and O–H groups in total. The maximum absolute atomic E-state index is 11.8. The van der Waals surface area contributed by atoms with E-state index in [0.717, 1.165) is 18.8 Å². The van der Waals surface area contributed by atoms with Crippen LogP contribution in [0.15, 0.2) is 24.5 Å². The van der Waals surface area contributed by atoms with Crippen molar-refractivity contribution in [2.45, 2.75) is 26.4 Å². The smallest absolute Gasteiger partial charge is 0.261 e. The minimum absolute atomic E-state index is 0.113. The Labute approximate surface area is 115 Å². The van der Waals surface area contributed by atoms with Gasteiger partial charge in [0.25, 0.3) is 5.91 Å². The molecule has 0 saturated carbocycles. The third kappa shape index (κ3) is 3.11. The highest BCUT2D eigenvalue weighted by Gasteiger charge is 2.09. The van der Waals surface area contributed by atoms with Crippen LogP contribution in [0.1, 0.15) is 28.8 Å². The minimum Gasteiger partial charge on any atom is -0.344 e. The summed E-state index contributed by atoms with van der Waals surface area (Å²) in [5.74, 6) is 0.755. The van der Waals surface area contributed by atoms with Crippen LogP contribution < -0.4 is 5.32 Å². The molecule has 2 rings (SSSR count). The normalized spacial score (nSPS) is 10.6. The van der Waals surface area contributed by atoms with Gasteiger partial charge in [0, 0.05) is 18.9 Å². The van der Waals surface area contributed by atoms with E-state index in [-0.39, 0.29) is 5.91 Å². The maximum atomic E-state index is 11.8. The van der Waals surface area contributed by atoms with Crippen molar-refractivity contribution in [3.8, 4) is 0 Å². The van der Waals surface area contributed by atoms with E-state index in [1.165, 1.54) is 11.3 Å². The first kappa shape index (κ1) is 13.1. The summed E-state index contributed by atoms with van der Waals surface area (Å²) in [6.07, 6.45) is 4.71. The second-order valence-corrected chi connectivity index (χ2v) is 5.54. The summed E-state index contributed by atoms with van der Waals surface area (Å²) >= 11 is 7.07. The summed E-state index contributed by atoms with van der Waals surface area (Å²) in [5.41, 5.74) is 0. The van der Waals surface area contributed by atoms with Crippen molar-refractivity contribution in [3.63, 3.8) is 0 Å². The molecule has 0 aliphatic heterocycles. The number of carbonyl (C=O) groups is 1. The minimum atomic E-state index is -0.113. The van der Waals surface area contributed by atoms with Gasteiger partial charge in [0.2, 0.25) is 0 Å². The average Bonchev–Trinajstić information content (AvgIpc) is 2.96. The lowest BCUT2D eigenvalue weighted by Crippen LogP contribution is -2.23. The Morgan fingerprint density at radius 1 is 1.56 bits per heavy atom. The molecule has 18 heavy (non-hydrogen) atoms. The number of halogens is 1. The highest BCUT2D eigenvalue weighted by Crippen LogP contribution is 2.21. The molecule has 0 aliphatic carbocycles.